The molecule has 1 aromatic carbocycles. The lowest BCUT2D eigenvalue weighted by Crippen LogP contribution is -2.26. The zero-order valence-electron chi connectivity index (χ0n) is 13.4. The van der Waals surface area contributed by atoms with Gasteiger partial charge >= 0.3 is 0 Å². The van der Waals surface area contributed by atoms with Gasteiger partial charge in [-0.1, -0.05) is 13.3 Å². The van der Waals surface area contributed by atoms with Crippen LogP contribution in [0.5, 0.6) is 11.5 Å². The quantitative estimate of drug-likeness (QED) is 0.488. The van der Waals surface area contributed by atoms with E-state index in [9.17, 15) is 14.0 Å². The third-order valence-corrected chi connectivity index (χ3v) is 3.12. The van der Waals surface area contributed by atoms with Crippen LogP contribution in [-0.2, 0) is 4.79 Å². The molecule has 1 atom stereocenters. The summed E-state index contributed by atoms with van der Waals surface area (Å²) < 4.78 is 24.8. The van der Waals surface area contributed by atoms with Gasteiger partial charge in [0.2, 0.25) is 12.0 Å². The van der Waals surface area contributed by atoms with Crippen LogP contribution in [0.1, 0.15) is 50.4 Å². The molecule has 0 fully saturated rings. The van der Waals surface area contributed by atoms with Crippen molar-refractivity contribution in [1.82, 2.24) is 0 Å². The Labute approximate surface area is 130 Å². The molecule has 0 aliphatic rings. The Bertz CT molecular complexity index is 513. The number of carbonyl (C=O) groups is 2. The van der Waals surface area contributed by atoms with Gasteiger partial charge in [-0.25, -0.2) is 4.39 Å². The van der Waals surface area contributed by atoms with Crippen LogP contribution >= 0.6 is 0 Å². The van der Waals surface area contributed by atoms with E-state index in [0.717, 1.165) is 6.42 Å². The summed E-state index contributed by atoms with van der Waals surface area (Å²) in [6.07, 6.45) is -0.735. The van der Waals surface area contributed by atoms with E-state index >= 15 is 0 Å². The van der Waals surface area contributed by atoms with E-state index in [-0.39, 0.29) is 17.7 Å². The fraction of sp³-hybridized carbons (Fsp3) is 0.529. The highest BCUT2D eigenvalue weighted by Gasteiger charge is 2.29. The number of halogens is 1. The van der Waals surface area contributed by atoms with Crippen LogP contribution in [0.3, 0.4) is 0 Å². The van der Waals surface area contributed by atoms with Crippen molar-refractivity contribution in [2.45, 2.75) is 46.2 Å². The number of hydrogen-bond acceptors (Lipinski definition) is 4. The highest BCUT2D eigenvalue weighted by atomic mass is 19.1. The van der Waals surface area contributed by atoms with Crippen LogP contribution in [0, 0.1) is 0 Å². The summed E-state index contributed by atoms with van der Waals surface area (Å²) in [4.78, 5) is 24.0. The number of benzene rings is 1. The molecule has 5 heteroatoms. The van der Waals surface area contributed by atoms with Crippen LogP contribution in [0.15, 0.2) is 18.2 Å². The monoisotopic (exact) mass is 310 g/mol. The topological polar surface area (TPSA) is 52.6 Å². The maximum Gasteiger partial charge on any atom is 0.220 e. The standard InChI is InChI=1S/C17H23FO4/c1-4-7-8-14(19)16(18)17(20)13-11-12(21-5-2)9-10-15(13)22-6-3/h9-11,16H,4-8H2,1-3H3. The van der Waals surface area contributed by atoms with E-state index in [1.165, 1.54) is 6.07 Å². The number of ketones is 2. The molecule has 4 nitrogen and oxygen atoms in total. The van der Waals surface area contributed by atoms with Crippen molar-refractivity contribution < 1.29 is 23.5 Å². The number of unbranched alkanes of at least 4 members (excludes halogenated alkanes) is 1. The molecule has 22 heavy (non-hydrogen) atoms. The van der Waals surface area contributed by atoms with Crippen molar-refractivity contribution in [3.63, 3.8) is 0 Å². The van der Waals surface area contributed by atoms with Gasteiger partial charge in [-0.15, -0.1) is 0 Å². The maximum atomic E-state index is 14.1. The van der Waals surface area contributed by atoms with Crippen molar-refractivity contribution in [3.05, 3.63) is 23.8 Å². The van der Waals surface area contributed by atoms with Crippen LogP contribution in [0.25, 0.3) is 0 Å². The zero-order chi connectivity index (χ0) is 16.5. The second-order valence-electron chi connectivity index (χ2n) is 4.82. The predicted octanol–water partition coefficient (Wildman–Crippen LogP) is 3.76. The first kappa shape index (κ1) is 18.1. The Hall–Kier alpha value is -1.91. The summed E-state index contributed by atoms with van der Waals surface area (Å²) >= 11 is 0. The van der Waals surface area contributed by atoms with Crippen molar-refractivity contribution in [3.8, 4) is 11.5 Å². The molecule has 0 amide bonds. The third-order valence-electron chi connectivity index (χ3n) is 3.12. The third kappa shape index (κ3) is 4.83. The lowest BCUT2D eigenvalue weighted by atomic mass is 10.0. The van der Waals surface area contributed by atoms with Gasteiger partial charge in [0.25, 0.3) is 0 Å². The largest absolute Gasteiger partial charge is 0.494 e. The smallest absolute Gasteiger partial charge is 0.220 e. The molecular formula is C17H23FO4. The summed E-state index contributed by atoms with van der Waals surface area (Å²) in [6, 6.07) is 4.64. The van der Waals surface area contributed by atoms with E-state index in [0.29, 0.717) is 25.4 Å². The lowest BCUT2D eigenvalue weighted by molar-refractivity contribution is -0.122. The van der Waals surface area contributed by atoms with E-state index in [4.69, 9.17) is 9.47 Å². The minimum absolute atomic E-state index is 0.0464. The molecule has 1 unspecified atom stereocenters. The van der Waals surface area contributed by atoms with E-state index in [1.807, 2.05) is 13.8 Å². The van der Waals surface area contributed by atoms with Gasteiger partial charge in [0.1, 0.15) is 11.5 Å². The highest BCUT2D eigenvalue weighted by molar-refractivity contribution is 6.14. The van der Waals surface area contributed by atoms with Crippen LogP contribution in [-0.4, -0.2) is 31.0 Å². The molecule has 1 aromatic rings. The highest BCUT2D eigenvalue weighted by Crippen LogP contribution is 2.27. The summed E-state index contributed by atoms with van der Waals surface area (Å²) in [5, 5.41) is 0. The summed E-state index contributed by atoms with van der Waals surface area (Å²) in [7, 11) is 0. The Balaban J connectivity index is 3.02. The molecule has 0 saturated heterocycles. The molecule has 0 heterocycles. The van der Waals surface area contributed by atoms with Crippen molar-refractivity contribution >= 4 is 11.6 Å². The van der Waals surface area contributed by atoms with Gasteiger partial charge in [0.15, 0.2) is 5.78 Å². The van der Waals surface area contributed by atoms with Gasteiger partial charge in [-0.2, -0.15) is 0 Å². The van der Waals surface area contributed by atoms with Crippen LogP contribution < -0.4 is 9.47 Å². The fourth-order valence-corrected chi connectivity index (χ4v) is 2.00. The second-order valence-corrected chi connectivity index (χ2v) is 4.82. The summed E-state index contributed by atoms with van der Waals surface area (Å²) in [5.74, 6) is -0.841. The Morgan fingerprint density at radius 1 is 1.14 bits per heavy atom. The van der Waals surface area contributed by atoms with Crippen molar-refractivity contribution in [2.75, 3.05) is 13.2 Å². The maximum absolute atomic E-state index is 14.1. The second kappa shape index (κ2) is 9.18. The van der Waals surface area contributed by atoms with Crippen molar-refractivity contribution in [1.29, 1.82) is 0 Å². The number of alkyl halides is 1. The van der Waals surface area contributed by atoms with Gasteiger partial charge in [-0.05, 0) is 38.5 Å². The molecule has 0 aromatic heterocycles. The zero-order valence-corrected chi connectivity index (χ0v) is 13.4. The van der Waals surface area contributed by atoms with Gasteiger partial charge in [0, 0.05) is 6.42 Å². The molecule has 0 saturated carbocycles. The van der Waals surface area contributed by atoms with Gasteiger partial charge in [0.05, 0.1) is 18.8 Å². The lowest BCUT2D eigenvalue weighted by Gasteiger charge is -2.13. The number of Topliss-reactive ketones (excluding diaryl/α,β-unsaturated/α-hetero) is 2. The predicted molar refractivity (Wildman–Crippen MR) is 82.5 cm³/mol. The Morgan fingerprint density at radius 3 is 2.41 bits per heavy atom. The van der Waals surface area contributed by atoms with Gasteiger partial charge in [-0.3, -0.25) is 9.59 Å². The van der Waals surface area contributed by atoms with Crippen molar-refractivity contribution in [2.24, 2.45) is 0 Å². The first-order valence-corrected chi connectivity index (χ1v) is 7.65. The number of ether oxygens (including phenoxy) is 2. The Kier molecular flexibility index (Phi) is 7.57. The minimum Gasteiger partial charge on any atom is -0.494 e. The fourth-order valence-electron chi connectivity index (χ4n) is 2.00. The first-order valence-electron chi connectivity index (χ1n) is 7.65. The minimum atomic E-state index is -2.15. The van der Waals surface area contributed by atoms with Gasteiger partial charge < -0.3 is 9.47 Å². The van der Waals surface area contributed by atoms with E-state index in [1.54, 1.807) is 19.1 Å². The van der Waals surface area contributed by atoms with E-state index < -0.39 is 17.7 Å². The molecule has 0 radical (unpaired) electrons. The summed E-state index contributed by atoms with van der Waals surface area (Å²) in [5.41, 5.74) is 0.0464. The number of rotatable bonds is 10. The van der Waals surface area contributed by atoms with E-state index in [2.05, 4.69) is 0 Å². The molecule has 1 rings (SSSR count). The number of carbonyl (C=O) groups excluding carboxylic acids is 2. The molecule has 0 bridgehead atoms. The van der Waals surface area contributed by atoms with Crippen LogP contribution in [0.2, 0.25) is 0 Å². The number of hydrogen-bond donors (Lipinski definition) is 0. The normalized spacial score (nSPS) is 11.8. The molecule has 0 aliphatic heterocycles. The average Bonchev–Trinajstić information content (AvgIpc) is 2.53. The first-order chi connectivity index (χ1) is 10.5. The molecule has 0 N–H and O–H groups in total. The molecule has 0 aliphatic carbocycles. The Morgan fingerprint density at radius 2 is 1.82 bits per heavy atom. The average molecular weight is 310 g/mol. The van der Waals surface area contributed by atoms with Crippen LogP contribution in [0.4, 0.5) is 4.39 Å². The SMILES string of the molecule is CCCCC(=O)C(F)C(=O)c1cc(OCC)ccc1OCC. The summed E-state index contributed by atoms with van der Waals surface area (Å²) in [6.45, 7) is 6.25. The molecule has 0 spiro atoms. The molecular weight excluding hydrogens is 287 g/mol. The molecule has 122 valence electrons.